The van der Waals surface area contributed by atoms with Crippen LogP contribution in [0, 0.1) is 5.82 Å². The molecule has 3 amide bonds. The van der Waals surface area contributed by atoms with Crippen LogP contribution in [0.2, 0.25) is 0 Å². The Kier molecular flexibility index (Phi) is 5.74. The van der Waals surface area contributed by atoms with E-state index in [1.165, 1.54) is 12.1 Å². The molecule has 142 valence electrons. The van der Waals surface area contributed by atoms with Crippen LogP contribution in [-0.4, -0.2) is 30.4 Å². The maximum atomic E-state index is 13.6. The summed E-state index contributed by atoms with van der Waals surface area (Å²) in [5.41, 5.74) is 3.54. The lowest BCUT2D eigenvalue weighted by Crippen LogP contribution is -2.41. The Morgan fingerprint density at radius 1 is 1.22 bits per heavy atom. The summed E-state index contributed by atoms with van der Waals surface area (Å²) in [5, 5.41) is 5.56. The fourth-order valence-corrected chi connectivity index (χ4v) is 3.48. The smallest absolute Gasteiger partial charge is 0.322 e. The van der Waals surface area contributed by atoms with Gasteiger partial charge in [0.2, 0.25) is 5.91 Å². The predicted octanol–water partition coefficient (Wildman–Crippen LogP) is 3.66. The lowest BCUT2D eigenvalue weighted by molar-refractivity contribution is -0.120. The molecule has 2 N–H and O–H groups in total. The van der Waals surface area contributed by atoms with Crippen LogP contribution in [0.4, 0.5) is 14.9 Å². The van der Waals surface area contributed by atoms with E-state index in [1.807, 2.05) is 31.2 Å². The molecule has 0 spiro atoms. The summed E-state index contributed by atoms with van der Waals surface area (Å²) in [6, 6.07) is 11.8. The van der Waals surface area contributed by atoms with Gasteiger partial charge in [-0.1, -0.05) is 24.3 Å². The van der Waals surface area contributed by atoms with Crippen LogP contribution in [0.1, 0.15) is 36.1 Å². The molecule has 0 saturated heterocycles. The van der Waals surface area contributed by atoms with E-state index in [1.54, 1.807) is 18.0 Å². The molecular weight excluding hydrogens is 345 g/mol. The Labute approximate surface area is 158 Å². The van der Waals surface area contributed by atoms with E-state index in [4.69, 9.17) is 0 Å². The van der Waals surface area contributed by atoms with Gasteiger partial charge in [0.1, 0.15) is 5.82 Å². The van der Waals surface area contributed by atoms with Crippen LogP contribution in [0.3, 0.4) is 0 Å². The zero-order valence-corrected chi connectivity index (χ0v) is 15.6. The normalized spacial score (nSPS) is 15.8. The van der Waals surface area contributed by atoms with Gasteiger partial charge in [0.25, 0.3) is 0 Å². The number of amides is 3. The number of carbonyl (C=O) groups excluding carboxylic acids is 2. The Bertz CT molecular complexity index is 853. The monoisotopic (exact) mass is 369 g/mol. The molecule has 27 heavy (non-hydrogen) atoms. The maximum absolute atomic E-state index is 13.6. The first-order valence-electron chi connectivity index (χ1n) is 9.14. The molecule has 1 unspecified atom stereocenters. The van der Waals surface area contributed by atoms with E-state index in [9.17, 15) is 14.0 Å². The van der Waals surface area contributed by atoms with Crippen LogP contribution in [0.15, 0.2) is 42.5 Å². The van der Waals surface area contributed by atoms with Crippen molar-refractivity contribution in [1.82, 2.24) is 10.2 Å². The zero-order valence-electron chi connectivity index (χ0n) is 15.6. The molecule has 0 radical (unpaired) electrons. The van der Waals surface area contributed by atoms with Gasteiger partial charge in [-0.15, -0.1) is 0 Å². The Balaban J connectivity index is 1.73. The first-order valence-corrected chi connectivity index (χ1v) is 9.14. The van der Waals surface area contributed by atoms with E-state index >= 15 is 0 Å². The second kappa shape index (κ2) is 8.20. The SMILES string of the molecule is CNC(=O)CCc1ccccc1NC(=O)N1CCc2ccc(F)cc2C1C. The van der Waals surface area contributed by atoms with Crippen molar-refractivity contribution in [3.8, 4) is 0 Å². The van der Waals surface area contributed by atoms with Crippen molar-refractivity contribution in [3.05, 3.63) is 65.0 Å². The minimum Gasteiger partial charge on any atom is -0.359 e. The highest BCUT2D eigenvalue weighted by Gasteiger charge is 2.28. The van der Waals surface area contributed by atoms with Gasteiger partial charge >= 0.3 is 6.03 Å². The molecular formula is C21H24FN3O2. The minimum absolute atomic E-state index is 0.0422. The number of aryl methyl sites for hydroxylation is 1. The largest absolute Gasteiger partial charge is 0.359 e. The maximum Gasteiger partial charge on any atom is 0.322 e. The van der Waals surface area contributed by atoms with E-state index < -0.39 is 0 Å². The van der Waals surface area contributed by atoms with Crippen molar-refractivity contribution in [2.24, 2.45) is 0 Å². The number of hydrogen-bond acceptors (Lipinski definition) is 2. The Morgan fingerprint density at radius 3 is 2.78 bits per heavy atom. The summed E-state index contributed by atoms with van der Waals surface area (Å²) in [6.45, 7) is 2.49. The lowest BCUT2D eigenvalue weighted by atomic mass is 9.93. The number of urea groups is 1. The molecule has 0 aliphatic carbocycles. The number of nitrogens with zero attached hydrogens (tertiary/aromatic N) is 1. The van der Waals surface area contributed by atoms with Gasteiger partial charge in [-0.05, 0) is 54.7 Å². The molecule has 6 heteroatoms. The number of nitrogens with one attached hydrogen (secondary N) is 2. The number of hydrogen-bond donors (Lipinski definition) is 2. The molecule has 0 bridgehead atoms. The summed E-state index contributed by atoms with van der Waals surface area (Å²) >= 11 is 0. The number of carbonyl (C=O) groups is 2. The van der Waals surface area contributed by atoms with Crippen LogP contribution in [-0.2, 0) is 17.6 Å². The van der Waals surface area contributed by atoms with Crippen LogP contribution >= 0.6 is 0 Å². The molecule has 0 aromatic heterocycles. The summed E-state index contributed by atoms with van der Waals surface area (Å²) in [7, 11) is 1.61. The molecule has 0 saturated carbocycles. The van der Waals surface area contributed by atoms with Crippen molar-refractivity contribution < 1.29 is 14.0 Å². The van der Waals surface area contributed by atoms with E-state index in [-0.39, 0.29) is 23.8 Å². The van der Waals surface area contributed by atoms with Crippen molar-refractivity contribution in [3.63, 3.8) is 0 Å². The summed E-state index contributed by atoms with van der Waals surface area (Å²) in [4.78, 5) is 26.1. The first-order chi connectivity index (χ1) is 13.0. The lowest BCUT2D eigenvalue weighted by Gasteiger charge is -2.35. The van der Waals surface area contributed by atoms with Crippen LogP contribution < -0.4 is 10.6 Å². The van der Waals surface area contributed by atoms with E-state index in [0.717, 1.165) is 16.7 Å². The molecule has 3 rings (SSSR count). The average Bonchev–Trinajstić information content (AvgIpc) is 2.67. The predicted molar refractivity (Wildman–Crippen MR) is 103 cm³/mol. The van der Waals surface area contributed by atoms with E-state index in [0.29, 0.717) is 31.5 Å². The highest BCUT2D eigenvalue weighted by molar-refractivity contribution is 5.90. The Hall–Kier alpha value is -2.89. The van der Waals surface area contributed by atoms with Gasteiger partial charge in [0.15, 0.2) is 0 Å². The van der Waals surface area contributed by atoms with Gasteiger partial charge < -0.3 is 15.5 Å². The topological polar surface area (TPSA) is 61.4 Å². The molecule has 1 atom stereocenters. The summed E-state index contributed by atoms with van der Waals surface area (Å²) in [6.07, 6.45) is 1.60. The van der Waals surface area contributed by atoms with Gasteiger partial charge in [-0.2, -0.15) is 0 Å². The van der Waals surface area contributed by atoms with Crippen molar-refractivity contribution in [1.29, 1.82) is 0 Å². The molecule has 1 heterocycles. The molecule has 2 aromatic carbocycles. The molecule has 1 aliphatic heterocycles. The van der Waals surface area contributed by atoms with Gasteiger partial charge in [0, 0.05) is 25.7 Å². The molecule has 2 aromatic rings. The fraction of sp³-hybridized carbons (Fsp3) is 0.333. The fourth-order valence-electron chi connectivity index (χ4n) is 3.48. The third-order valence-electron chi connectivity index (χ3n) is 5.07. The molecule has 0 fully saturated rings. The number of para-hydroxylation sites is 1. The summed E-state index contributed by atoms with van der Waals surface area (Å²) < 4.78 is 13.6. The second-order valence-corrected chi connectivity index (χ2v) is 6.72. The third-order valence-corrected chi connectivity index (χ3v) is 5.07. The van der Waals surface area contributed by atoms with Gasteiger partial charge in [-0.25, -0.2) is 9.18 Å². The zero-order chi connectivity index (χ0) is 19.4. The standard InChI is InChI=1S/C21H24FN3O2/c1-14-18-13-17(22)9-7-15(18)11-12-25(14)21(27)24-19-6-4-3-5-16(19)8-10-20(26)23-2/h3-7,9,13-14H,8,10-12H2,1-2H3,(H,23,26)(H,24,27). The molecule has 5 nitrogen and oxygen atoms in total. The molecule has 1 aliphatic rings. The van der Waals surface area contributed by atoms with E-state index in [2.05, 4.69) is 10.6 Å². The van der Waals surface area contributed by atoms with Crippen LogP contribution in [0.25, 0.3) is 0 Å². The van der Waals surface area contributed by atoms with Crippen molar-refractivity contribution in [2.75, 3.05) is 18.9 Å². The van der Waals surface area contributed by atoms with Crippen molar-refractivity contribution in [2.45, 2.75) is 32.2 Å². The number of rotatable bonds is 4. The average molecular weight is 369 g/mol. The number of fused-ring (bicyclic) bond motifs is 1. The van der Waals surface area contributed by atoms with Gasteiger partial charge in [0.05, 0.1) is 6.04 Å². The number of halogens is 1. The quantitative estimate of drug-likeness (QED) is 0.864. The third kappa shape index (κ3) is 4.27. The highest BCUT2D eigenvalue weighted by atomic mass is 19.1. The number of anilines is 1. The van der Waals surface area contributed by atoms with Crippen molar-refractivity contribution >= 4 is 17.6 Å². The van der Waals surface area contributed by atoms with Crippen LogP contribution in [0.5, 0.6) is 0 Å². The first kappa shape index (κ1) is 18.9. The Morgan fingerprint density at radius 2 is 2.00 bits per heavy atom. The minimum atomic E-state index is -0.289. The second-order valence-electron chi connectivity index (χ2n) is 6.72. The highest BCUT2D eigenvalue weighted by Crippen LogP contribution is 2.30. The van der Waals surface area contributed by atoms with Gasteiger partial charge in [-0.3, -0.25) is 4.79 Å². The summed E-state index contributed by atoms with van der Waals surface area (Å²) in [5.74, 6) is -0.332. The number of benzene rings is 2.